The third-order valence-corrected chi connectivity index (χ3v) is 6.12. The Morgan fingerprint density at radius 1 is 1.17 bits per heavy atom. The number of carbonyl (C=O) groups is 1. The smallest absolute Gasteiger partial charge is 0.306 e. The molecule has 0 atom stereocenters. The van der Waals surface area contributed by atoms with Crippen molar-refractivity contribution in [3.8, 4) is 11.3 Å². The Labute approximate surface area is 203 Å². The Morgan fingerprint density at radius 2 is 1.91 bits per heavy atom. The van der Waals surface area contributed by atoms with Crippen LogP contribution in [-0.2, 0) is 16.2 Å². The number of nitrogens with one attached hydrogen (secondary N) is 1. The number of esters is 1. The van der Waals surface area contributed by atoms with Crippen molar-refractivity contribution < 1.29 is 18.3 Å². The number of pyridine rings is 1. The van der Waals surface area contributed by atoms with Gasteiger partial charge in [0.1, 0.15) is 29.1 Å². The van der Waals surface area contributed by atoms with E-state index >= 15 is 0 Å². The summed E-state index contributed by atoms with van der Waals surface area (Å²) in [5, 5.41) is 3.34. The monoisotopic (exact) mass is 483 g/mol. The quantitative estimate of drug-likeness (QED) is 0.348. The molecular formula is C26H31F2N5O2. The zero-order valence-corrected chi connectivity index (χ0v) is 20.3. The van der Waals surface area contributed by atoms with Gasteiger partial charge in [0, 0.05) is 23.6 Å². The molecule has 0 bridgehead atoms. The molecule has 1 aliphatic carbocycles. The standard InChI is InChI=1S/C26H31F2N5O2/c1-26(2,3)35-23(34)10-15-4-7-18(8-5-15)31-25-30-14-22-24(33-25)17(13-27)12-21(32-22)16-6-9-20(29)19(28)11-16/h6,9,11-12,14-15,18H,4-5,7-8,10,13,29H2,1-3H3,(H,30,31,33). The molecule has 3 N–H and O–H groups in total. The molecule has 1 saturated carbocycles. The van der Waals surface area contributed by atoms with E-state index in [0.717, 1.165) is 25.7 Å². The van der Waals surface area contributed by atoms with Gasteiger partial charge < -0.3 is 15.8 Å². The Kier molecular flexibility index (Phi) is 7.14. The Hall–Kier alpha value is -3.36. The number of hydrogen-bond donors (Lipinski definition) is 2. The highest BCUT2D eigenvalue weighted by Crippen LogP contribution is 2.30. The third-order valence-electron chi connectivity index (χ3n) is 6.12. The zero-order valence-electron chi connectivity index (χ0n) is 20.3. The second kappa shape index (κ2) is 10.1. The van der Waals surface area contributed by atoms with Crippen molar-refractivity contribution in [3.63, 3.8) is 0 Å². The molecular weight excluding hydrogens is 452 g/mol. The number of halogens is 2. The summed E-state index contributed by atoms with van der Waals surface area (Å²) in [5.41, 5.74) is 7.26. The normalized spacial score (nSPS) is 18.4. The molecule has 0 radical (unpaired) electrons. The van der Waals surface area contributed by atoms with E-state index in [1.807, 2.05) is 20.8 Å². The highest BCUT2D eigenvalue weighted by Gasteiger charge is 2.26. The minimum Gasteiger partial charge on any atom is -0.460 e. The van der Waals surface area contributed by atoms with Crippen molar-refractivity contribution in [1.82, 2.24) is 15.0 Å². The number of anilines is 2. The van der Waals surface area contributed by atoms with E-state index < -0.39 is 18.1 Å². The Bertz CT molecular complexity index is 1220. The average Bonchev–Trinajstić information content (AvgIpc) is 2.80. The molecule has 0 saturated heterocycles. The lowest BCUT2D eigenvalue weighted by molar-refractivity contribution is -0.156. The number of nitrogens with two attached hydrogens (primary N) is 1. The van der Waals surface area contributed by atoms with Crippen LogP contribution in [0, 0.1) is 11.7 Å². The molecule has 0 aliphatic heterocycles. The van der Waals surface area contributed by atoms with E-state index in [2.05, 4.69) is 20.3 Å². The lowest BCUT2D eigenvalue weighted by Gasteiger charge is -2.29. The fourth-order valence-electron chi connectivity index (χ4n) is 4.41. The first kappa shape index (κ1) is 24.8. The number of aromatic nitrogens is 3. The second-order valence-corrected chi connectivity index (χ2v) is 10.1. The summed E-state index contributed by atoms with van der Waals surface area (Å²) in [6, 6.07) is 6.12. The van der Waals surface area contributed by atoms with Gasteiger partial charge in [-0.15, -0.1) is 0 Å². The van der Waals surface area contributed by atoms with E-state index in [1.165, 1.54) is 12.1 Å². The van der Waals surface area contributed by atoms with Gasteiger partial charge in [-0.05, 0) is 70.6 Å². The molecule has 0 unspecified atom stereocenters. The fourth-order valence-corrected chi connectivity index (χ4v) is 4.41. The van der Waals surface area contributed by atoms with E-state index in [4.69, 9.17) is 10.5 Å². The number of fused-ring (bicyclic) bond motifs is 1. The summed E-state index contributed by atoms with van der Waals surface area (Å²) in [6.07, 6.45) is 5.55. The zero-order chi connectivity index (χ0) is 25.2. The van der Waals surface area contributed by atoms with Gasteiger partial charge in [-0.2, -0.15) is 0 Å². The summed E-state index contributed by atoms with van der Waals surface area (Å²) < 4.78 is 33.2. The van der Waals surface area contributed by atoms with Crippen LogP contribution in [0.3, 0.4) is 0 Å². The van der Waals surface area contributed by atoms with Gasteiger partial charge in [0.2, 0.25) is 5.95 Å². The number of nitrogen functional groups attached to an aromatic ring is 1. The van der Waals surface area contributed by atoms with Gasteiger partial charge in [0.25, 0.3) is 0 Å². The lowest BCUT2D eigenvalue weighted by atomic mass is 9.84. The first-order valence-corrected chi connectivity index (χ1v) is 11.9. The van der Waals surface area contributed by atoms with Crippen LogP contribution in [0.1, 0.15) is 58.4 Å². The van der Waals surface area contributed by atoms with Crippen LogP contribution in [0.15, 0.2) is 30.5 Å². The van der Waals surface area contributed by atoms with Gasteiger partial charge in [0.05, 0.1) is 17.6 Å². The van der Waals surface area contributed by atoms with Gasteiger partial charge in [-0.25, -0.2) is 23.7 Å². The highest BCUT2D eigenvalue weighted by molar-refractivity contribution is 5.82. The van der Waals surface area contributed by atoms with E-state index in [-0.39, 0.29) is 17.7 Å². The summed E-state index contributed by atoms with van der Waals surface area (Å²) in [7, 11) is 0. The van der Waals surface area contributed by atoms with Gasteiger partial charge in [-0.1, -0.05) is 6.07 Å². The van der Waals surface area contributed by atoms with Gasteiger partial charge in [0.15, 0.2) is 0 Å². The van der Waals surface area contributed by atoms with Crippen molar-refractivity contribution in [2.75, 3.05) is 11.1 Å². The summed E-state index contributed by atoms with van der Waals surface area (Å²) in [6.45, 7) is 4.88. The van der Waals surface area contributed by atoms with Crippen molar-refractivity contribution in [1.29, 1.82) is 0 Å². The molecule has 2 aromatic heterocycles. The largest absolute Gasteiger partial charge is 0.460 e. The molecule has 1 fully saturated rings. The SMILES string of the molecule is CC(C)(C)OC(=O)CC1CCC(Nc2ncc3nc(-c4ccc(N)c(F)c4)cc(CF)c3n2)CC1. The topological polar surface area (TPSA) is 103 Å². The van der Waals surface area contributed by atoms with Crippen LogP contribution in [-0.4, -0.2) is 32.6 Å². The molecule has 9 heteroatoms. The maximum atomic E-state index is 13.9. The number of ether oxygens (including phenoxy) is 1. The summed E-state index contributed by atoms with van der Waals surface area (Å²) in [5.74, 6) is 0.0112. The molecule has 1 aromatic carbocycles. The van der Waals surface area contributed by atoms with Crippen LogP contribution in [0.2, 0.25) is 0 Å². The molecule has 2 heterocycles. The second-order valence-electron chi connectivity index (χ2n) is 10.1. The fraction of sp³-hybridized carbons (Fsp3) is 0.462. The van der Waals surface area contributed by atoms with Crippen molar-refractivity contribution in [3.05, 3.63) is 41.8 Å². The third kappa shape index (κ3) is 6.21. The maximum Gasteiger partial charge on any atom is 0.306 e. The number of alkyl halides is 1. The Balaban J connectivity index is 1.44. The average molecular weight is 484 g/mol. The van der Waals surface area contributed by atoms with Crippen LogP contribution < -0.4 is 11.1 Å². The molecule has 3 aromatic rings. The molecule has 7 nitrogen and oxygen atoms in total. The number of hydrogen-bond acceptors (Lipinski definition) is 7. The number of benzene rings is 1. The molecule has 0 amide bonds. The first-order valence-electron chi connectivity index (χ1n) is 11.9. The maximum absolute atomic E-state index is 13.9. The molecule has 35 heavy (non-hydrogen) atoms. The van der Waals surface area contributed by atoms with Crippen molar-refractivity contribution >= 4 is 28.6 Å². The minimum atomic E-state index is -0.740. The summed E-state index contributed by atoms with van der Waals surface area (Å²) >= 11 is 0. The molecule has 1 aliphatic rings. The molecule has 186 valence electrons. The van der Waals surface area contributed by atoms with E-state index in [9.17, 15) is 13.6 Å². The molecule has 0 spiro atoms. The van der Waals surface area contributed by atoms with Crippen molar-refractivity contribution in [2.24, 2.45) is 5.92 Å². The number of carbonyl (C=O) groups excluding carboxylic acids is 1. The minimum absolute atomic E-state index is 0.0400. The predicted octanol–water partition coefficient (Wildman–Crippen LogP) is 5.59. The first-order chi connectivity index (χ1) is 16.6. The van der Waals surface area contributed by atoms with Crippen LogP contribution in [0.5, 0.6) is 0 Å². The molecule has 4 rings (SSSR count). The van der Waals surface area contributed by atoms with Crippen LogP contribution >= 0.6 is 0 Å². The van der Waals surface area contributed by atoms with Crippen LogP contribution in [0.25, 0.3) is 22.3 Å². The number of rotatable bonds is 6. The Morgan fingerprint density at radius 3 is 2.57 bits per heavy atom. The van der Waals surface area contributed by atoms with E-state index in [1.54, 1.807) is 18.3 Å². The van der Waals surface area contributed by atoms with E-state index in [0.29, 0.717) is 46.1 Å². The number of nitrogens with zero attached hydrogens (tertiary/aromatic N) is 3. The predicted molar refractivity (Wildman–Crippen MR) is 132 cm³/mol. The highest BCUT2D eigenvalue weighted by atomic mass is 19.1. The summed E-state index contributed by atoms with van der Waals surface area (Å²) in [4.78, 5) is 25.5. The van der Waals surface area contributed by atoms with Crippen molar-refractivity contribution in [2.45, 2.75) is 71.2 Å². The van der Waals surface area contributed by atoms with Gasteiger partial charge in [-0.3, -0.25) is 4.79 Å². The van der Waals surface area contributed by atoms with Gasteiger partial charge >= 0.3 is 5.97 Å². The van der Waals surface area contributed by atoms with Crippen LogP contribution in [0.4, 0.5) is 20.4 Å². The lowest BCUT2D eigenvalue weighted by Crippen LogP contribution is -2.30.